The molecular formula is C8H20O2. The second-order valence-electron chi connectivity index (χ2n) is 1.49. The molecule has 0 fully saturated rings. The van der Waals surface area contributed by atoms with E-state index in [2.05, 4.69) is 0 Å². The normalized spacial score (nSPS) is 6.70. The molecule has 0 aromatic heterocycles. The number of carboxylic acids is 1. The first-order valence-electron chi connectivity index (χ1n) is 3.87. The van der Waals surface area contributed by atoms with E-state index in [-0.39, 0.29) is 5.92 Å². The zero-order chi connectivity index (χ0) is 9.15. The summed E-state index contributed by atoms with van der Waals surface area (Å²) in [5, 5.41) is 7.99. The molecule has 0 amide bonds. The molecular weight excluding hydrogens is 128 g/mol. The Morgan fingerprint density at radius 2 is 1.20 bits per heavy atom. The number of carbonyl (C=O) groups is 1. The van der Waals surface area contributed by atoms with Gasteiger partial charge in [0.1, 0.15) is 0 Å². The zero-order valence-corrected chi connectivity index (χ0v) is 7.93. The smallest absolute Gasteiger partial charge is 0.305 e. The quantitative estimate of drug-likeness (QED) is 0.620. The van der Waals surface area contributed by atoms with Crippen LogP contribution in [0.25, 0.3) is 0 Å². The van der Waals surface area contributed by atoms with Gasteiger partial charge in [-0.05, 0) is 0 Å². The van der Waals surface area contributed by atoms with Gasteiger partial charge >= 0.3 is 5.97 Å². The summed E-state index contributed by atoms with van der Waals surface area (Å²) in [7, 11) is 0. The number of aliphatic carboxylic acids is 1. The van der Waals surface area contributed by atoms with Crippen LogP contribution in [-0.2, 0) is 4.79 Å². The molecule has 0 aromatic carbocycles. The van der Waals surface area contributed by atoms with Crippen LogP contribution in [0.1, 0.15) is 41.5 Å². The molecule has 0 spiro atoms. The number of rotatable bonds is 1. The molecule has 0 aliphatic rings. The lowest BCUT2D eigenvalue weighted by atomic mass is 10.2. The fourth-order valence-corrected chi connectivity index (χ4v) is 0. The van der Waals surface area contributed by atoms with Crippen molar-refractivity contribution in [2.45, 2.75) is 41.5 Å². The number of carboxylic acid groups (broad SMARTS) is 1. The van der Waals surface area contributed by atoms with Crippen LogP contribution in [0, 0.1) is 5.92 Å². The molecule has 10 heavy (non-hydrogen) atoms. The summed E-state index contributed by atoms with van der Waals surface area (Å²) in [6.45, 7) is 11.3. The van der Waals surface area contributed by atoms with Crippen LogP contribution in [0.5, 0.6) is 0 Å². The molecule has 0 bridgehead atoms. The molecule has 1 N–H and O–H groups in total. The summed E-state index contributed by atoms with van der Waals surface area (Å²) in [5.74, 6) is -0.972. The van der Waals surface area contributed by atoms with Crippen molar-refractivity contribution in [3.05, 3.63) is 0 Å². The molecule has 64 valence electrons. The highest BCUT2D eigenvalue weighted by molar-refractivity contribution is 5.68. The summed E-state index contributed by atoms with van der Waals surface area (Å²) in [6.07, 6.45) is 0. The van der Waals surface area contributed by atoms with Crippen molar-refractivity contribution in [3.8, 4) is 0 Å². The van der Waals surface area contributed by atoms with Crippen LogP contribution in [0.4, 0.5) is 0 Å². The molecule has 0 saturated carbocycles. The van der Waals surface area contributed by atoms with Crippen LogP contribution < -0.4 is 0 Å². The van der Waals surface area contributed by atoms with Gasteiger partial charge in [0.05, 0.1) is 5.92 Å². The van der Waals surface area contributed by atoms with Crippen molar-refractivity contribution in [1.82, 2.24) is 0 Å². The van der Waals surface area contributed by atoms with Crippen molar-refractivity contribution in [3.63, 3.8) is 0 Å². The monoisotopic (exact) mass is 148 g/mol. The summed E-state index contributed by atoms with van der Waals surface area (Å²) < 4.78 is 0. The van der Waals surface area contributed by atoms with Gasteiger partial charge in [0.15, 0.2) is 0 Å². The molecule has 2 nitrogen and oxygen atoms in total. The zero-order valence-electron chi connectivity index (χ0n) is 7.93. The first-order valence-corrected chi connectivity index (χ1v) is 3.87. The fourth-order valence-electron chi connectivity index (χ4n) is 0. The average Bonchev–Trinajstić information content (AvgIpc) is 1.96. The van der Waals surface area contributed by atoms with E-state index in [1.165, 1.54) is 0 Å². The molecule has 0 rings (SSSR count). The molecule has 0 saturated heterocycles. The van der Waals surface area contributed by atoms with Gasteiger partial charge in [0.2, 0.25) is 0 Å². The van der Waals surface area contributed by atoms with Crippen LogP contribution in [0.2, 0.25) is 0 Å². The van der Waals surface area contributed by atoms with Crippen molar-refractivity contribution in [1.29, 1.82) is 0 Å². The van der Waals surface area contributed by atoms with E-state index in [1.807, 2.05) is 27.7 Å². The summed E-state index contributed by atoms with van der Waals surface area (Å²) >= 11 is 0. The Bertz CT molecular complexity index is 58.3. The second kappa shape index (κ2) is 15.8. The first kappa shape index (κ1) is 16.2. The molecule has 0 atom stereocenters. The topological polar surface area (TPSA) is 37.3 Å². The van der Waals surface area contributed by atoms with E-state index in [4.69, 9.17) is 5.11 Å². The van der Waals surface area contributed by atoms with Crippen molar-refractivity contribution >= 4 is 5.97 Å². The van der Waals surface area contributed by atoms with Gasteiger partial charge in [-0.2, -0.15) is 0 Å². The minimum atomic E-state index is -0.741. The van der Waals surface area contributed by atoms with Gasteiger partial charge in [-0.25, -0.2) is 0 Å². The second-order valence-corrected chi connectivity index (χ2v) is 1.49. The van der Waals surface area contributed by atoms with Gasteiger partial charge in [-0.3, -0.25) is 4.79 Å². The highest BCUT2D eigenvalue weighted by Crippen LogP contribution is 1.87. The van der Waals surface area contributed by atoms with Crippen LogP contribution in [0.15, 0.2) is 0 Å². The third kappa shape index (κ3) is 26.0. The maximum absolute atomic E-state index is 9.70. The van der Waals surface area contributed by atoms with Gasteiger partial charge in [0, 0.05) is 0 Å². The van der Waals surface area contributed by atoms with E-state index in [1.54, 1.807) is 13.8 Å². The molecule has 0 unspecified atom stereocenters. The van der Waals surface area contributed by atoms with Crippen molar-refractivity contribution in [2.24, 2.45) is 5.92 Å². The van der Waals surface area contributed by atoms with Gasteiger partial charge in [-0.15, -0.1) is 0 Å². The molecule has 2 heteroatoms. The fraction of sp³-hybridized carbons (Fsp3) is 0.875. The van der Waals surface area contributed by atoms with Crippen LogP contribution in [-0.4, -0.2) is 11.1 Å². The summed E-state index contributed by atoms with van der Waals surface area (Å²) in [6, 6.07) is 0. The van der Waals surface area contributed by atoms with E-state index >= 15 is 0 Å². The minimum Gasteiger partial charge on any atom is -0.481 e. The highest BCUT2D eigenvalue weighted by Gasteiger charge is 1.99. The maximum Gasteiger partial charge on any atom is 0.305 e. The molecule has 0 aliphatic heterocycles. The third-order valence-electron chi connectivity index (χ3n) is 0.494. The van der Waals surface area contributed by atoms with Gasteiger partial charge in [-0.1, -0.05) is 41.5 Å². The lowest BCUT2D eigenvalue weighted by molar-refractivity contribution is -0.140. The Balaban J connectivity index is -0.000000105. The van der Waals surface area contributed by atoms with Crippen molar-refractivity contribution in [2.75, 3.05) is 0 Å². The standard InChI is InChI=1S/C4H8O2.2C2H6/c1-3(2)4(5)6;2*1-2/h3H,1-2H3,(H,5,6);2*1-2H3. The molecule has 0 aliphatic carbocycles. The lowest BCUT2D eigenvalue weighted by Gasteiger charge is -1.89. The van der Waals surface area contributed by atoms with E-state index in [0.717, 1.165) is 0 Å². The number of hydrogen-bond acceptors (Lipinski definition) is 1. The van der Waals surface area contributed by atoms with E-state index in [9.17, 15) is 4.79 Å². The van der Waals surface area contributed by atoms with Gasteiger partial charge < -0.3 is 5.11 Å². The molecule has 0 aromatic rings. The van der Waals surface area contributed by atoms with E-state index in [0.29, 0.717) is 0 Å². The van der Waals surface area contributed by atoms with Crippen LogP contribution >= 0.6 is 0 Å². The average molecular weight is 148 g/mol. The predicted octanol–water partition coefficient (Wildman–Crippen LogP) is 2.78. The Morgan fingerprint density at radius 3 is 1.20 bits per heavy atom. The Hall–Kier alpha value is -0.530. The summed E-state index contributed by atoms with van der Waals surface area (Å²) in [4.78, 5) is 9.70. The lowest BCUT2D eigenvalue weighted by Crippen LogP contribution is -2.03. The third-order valence-corrected chi connectivity index (χ3v) is 0.494. The van der Waals surface area contributed by atoms with Crippen molar-refractivity contribution < 1.29 is 9.90 Å². The van der Waals surface area contributed by atoms with Gasteiger partial charge in [0.25, 0.3) is 0 Å². The Kier molecular flexibility index (Phi) is 25.6. The minimum absolute atomic E-state index is 0.231. The molecule has 0 radical (unpaired) electrons. The number of hydrogen-bond donors (Lipinski definition) is 1. The van der Waals surface area contributed by atoms with Crippen LogP contribution in [0.3, 0.4) is 0 Å². The summed E-state index contributed by atoms with van der Waals surface area (Å²) in [5.41, 5.74) is 0. The Morgan fingerprint density at radius 1 is 1.10 bits per heavy atom. The largest absolute Gasteiger partial charge is 0.481 e. The SMILES string of the molecule is CC.CC.CC(C)C(=O)O. The highest BCUT2D eigenvalue weighted by atomic mass is 16.4. The van der Waals surface area contributed by atoms with E-state index < -0.39 is 5.97 Å². The Labute approximate surface area is 64.3 Å². The maximum atomic E-state index is 9.70. The predicted molar refractivity (Wildman–Crippen MR) is 45.2 cm³/mol. The molecule has 0 heterocycles. The first-order chi connectivity index (χ1) is 4.64.